The van der Waals surface area contributed by atoms with E-state index in [0.29, 0.717) is 33.5 Å². The number of halogens is 3. The third-order valence-electron chi connectivity index (χ3n) is 18.0. The molecule has 2 aromatic heterocycles. The molecule has 0 aliphatic rings. The van der Waals surface area contributed by atoms with Crippen LogP contribution < -0.4 is 0 Å². The fraction of sp³-hybridized carbons (Fsp3) is 0.173. The first-order valence-electron chi connectivity index (χ1n) is 29.9. The van der Waals surface area contributed by atoms with E-state index in [-0.39, 0.29) is 0 Å². The van der Waals surface area contributed by atoms with Gasteiger partial charge in [0.2, 0.25) is 0 Å². The quantitative estimate of drug-likeness (QED) is 0.135. The summed E-state index contributed by atoms with van der Waals surface area (Å²) in [7, 11) is 0. The van der Waals surface area contributed by atoms with Gasteiger partial charge in [-0.05, 0) is 292 Å². The van der Waals surface area contributed by atoms with Crippen LogP contribution in [0.1, 0.15) is 77.9 Å². The maximum absolute atomic E-state index is 14.7. The Bertz CT molecular complexity index is 4800. The van der Waals surface area contributed by atoms with E-state index in [1.807, 2.05) is 36.4 Å². The standard InChI is InChI=1S/C81H68F3N3/c1-44-27-49(6)77(50(7)28-44)58-16-23-72-67(39-58)68-40-59(78-51(8)29-45(2)30-52(78)9)17-24-73(68)86(72)64-20-21-71(85-14)65(43-64)66-38-57(62-35-48(5)36-63(37-62)81(82,83)84)15-22-74(66)87-75-25-18-60(79-53(10)31-46(3)32-54(79)11)41-69(75)70-42-61(19-26-76(70)87)80-55(12)33-47(4)34-56(80)13/h15-43H,1-13H3. The largest absolute Gasteiger partial charge is 0.416 e. The minimum atomic E-state index is -4.55. The van der Waals surface area contributed by atoms with Crippen LogP contribution in [-0.4, -0.2) is 9.13 Å². The summed E-state index contributed by atoms with van der Waals surface area (Å²) in [5.74, 6) is 0. The number of fused-ring (bicyclic) bond motifs is 6. The molecule has 0 bridgehead atoms. The highest BCUT2D eigenvalue weighted by atomic mass is 19.4. The molecule has 0 unspecified atom stereocenters. The molecule has 428 valence electrons. The van der Waals surface area contributed by atoms with Crippen molar-refractivity contribution in [1.29, 1.82) is 0 Å². The first-order valence-corrected chi connectivity index (χ1v) is 29.9. The summed E-state index contributed by atoms with van der Waals surface area (Å²) in [5.41, 5.74) is 32.1. The minimum absolute atomic E-state index is 0.416. The fourth-order valence-corrected chi connectivity index (χ4v) is 15.0. The van der Waals surface area contributed by atoms with Gasteiger partial charge in [-0.25, -0.2) is 4.85 Å². The molecule has 0 fully saturated rings. The molecule has 0 saturated carbocycles. The van der Waals surface area contributed by atoms with Gasteiger partial charge < -0.3 is 9.13 Å². The molecule has 13 rings (SSSR count). The third-order valence-corrected chi connectivity index (χ3v) is 18.0. The highest BCUT2D eigenvalue weighted by molar-refractivity contribution is 6.14. The van der Waals surface area contributed by atoms with Crippen LogP contribution in [0, 0.1) is 96.6 Å². The van der Waals surface area contributed by atoms with Crippen LogP contribution in [0.25, 0.3) is 127 Å². The lowest BCUT2D eigenvalue weighted by atomic mass is 9.91. The highest BCUT2D eigenvalue weighted by Gasteiger charge is 2.31. The topological polar surface area (TPSA) is 14.2 Å². The second kappa shape index (κ2) is 21.1. The van der Waals surface area contributed by atoms with Crippen molar-refractivity contribution in [2.45, 2.75) is 96.2 Å². The SMILES string of the molecule is [C-]#[N+]c1ccc(-n2c3ccc(-c4c(C)cc(C)cc4C)cc3c3cc(-c4c(C)cc(C)cc4C)ccc32)cc1-c1cc(-c2cc(C)cc(C(F)(F)F)c2)ccc1-n1c2ccc(-c3c(C)cc(C)cc3C)cc2c2cc(-c3c(C)cc(C)cc3C)ccc21. The number of hydrogen-bond acceptors (Lipinski definition) is 0. The molecule has 2 heterocycles. The number of hydrogen-bond donors (Lipinski definition) is 0. The van der Waals surface area contributed by atoms with Crippen molar-refractivity contribution >= 4 is 49.3 Å². The summed E-state index contributed by atoms with van der Waals surface area (Å²) >= 11 is 0. The Morgan fingerprint density at radius 2 is 0.655 bits per heavy atom. The Hall–Kier alpha value is -9.70. The van der Waals surface area contributed by atoms with Crippen LogP contribution in [0.2, 0.25) is 0 Å². The van der Waals surface area contributed by atoms with Gasteiger partial charge in [0.25, 0.3) is 0 Å². The Morgan fingerprint density at radius 1 is 0.310 bits per heavy atom. The molecule has 0 amide bonds. The molecular formula is C81H68F3N3. The zero-order valence-corrected chi connectivity index (χ0v) is 51.7. The van der Waals surface area contributed by atoms with Crippen LogP contribution in [0.15, 0.2) is 176 Å². The summed E-state index contributed by atoms with van der Waals surface area (Å²) in [6.45, 7) is 36.6. The van der Waals surface area contributed by atoms with Gasteiger partial charge >= 0.3 is 6.18 Å². The lowest BCUT2D eigenvalue weighted by molar-refractivity contribution is -0.137. The normalized spacial score (nSPS) is 11.9. The van der Waals surface area contributed by atoms with Crippen molar-refractivity contribution in [2.24, 2.45) is 0 Å². The Balaban J connectivity index is 1.10. The van der Waals surface area contributed by atoms with E-state index in [4.69, 9.17) is 6.57 Å². The molecule has 0 spiro atoms. The highest BCUT2D eigenvalue weighted by Crippen LogP contribution is 2.47. The predicted molar refractivity (Wildman–Crippen MR) is 361 cm³/mol. The lowest BCUT2D eigenvalue weighted by Crippen LogP contribution is -2.05. The van der Waals surface area contributed by atoms with Crippen LogP contribution in [-0.2, 0) is 6.18 Å². The average molecular weight is 1140 g/mol. The molecule has 0 saturated heterocycles. The van der Waals surface area contributed by atoms with Gasteiger partial charge in [-0.2, -0.15) is 13.2 Å². The van der Waals surface area contributed by atoms with Gasteiger partial charge in [-0.3, -0.25) is 0 Å². The zero-order chi connectivity index (χ0) is 61.2. The van der Waals surface area contributed by atoms with Gasteiger partial charge in [0.1, 0.15) is 0 Å². The predicted octanol–water partition coefficient (Wildman–Crippen LogP) is 23.5. The van der Waals surface area contributed by atoms with E-state index in [0.717, 1.165) is 77.2 Å². The molecule has 87 heavy (non-hydrogen) atoms. The van der Waals surface area contributed by atoms with Crippen molar-refractivity contribution in [1.82, 2.24) is 9.13 Å². The third kappa shape index (κ3) is 9.71. The first kappa shape index (κ1) is 56.4. The molecule has 0 aliphatic heterocycles. The van der Waals surface area contributed by atoms with Gasteiger partial charge in [-0.1, -0.05) is 113 Å². The van der Waals surface area contributed by atoms with Crippen LogP contribution in [0.3, 0.4) is 0 Å². The average Bonchev–Trinajstić information content (AvgIpc) is 1.63. The van der Waals surface area contributed by atoms with Crippen molar-refractivity contribution in [3.05, 3.63) is 265 Å². The Morgan fingerprint density at radius 3 is 1.01 bits per heavy atom. The second-order valence-electron chi connectivity index (χ2n) is 24.8. The fourth-order valence-electron chi connectivity index (χ4n) is 15.0. The van der Waals surface area contributed by atoms with Gasteiger partial charge in [0.05, 0.1) is 39.9 Å². The Labute approximate surface area is 508 Å². The maximum atomic E-state index is 14.7. The Kier molecular flexibility index (Phi) is 13.7. The van der Waals surface area contributed by atoms with E-state index in [1.54, 1.807) is 6.92 Å². The second-order valence-corrected chi connectivity index (χ2v) is 24.8. The van der Waals surface area contributed by atoms with E-state index in [1.165, 1.54) is 101 Å². The number of aryl methyl sites for hydroxylation is 13. The zero-order valence-electron chi connectivity index (χ0n) is 51.7. The molecule has 0 radical (unpaired) electrons. The summed E-state index contributed by atoms with van der Waals surface area (Å²) in [4.78, 5) is 4.26. The van der Waals surface area contributed by atoms with Crippen LogP contribution in [0.4, 0.5) is 18.9 Å². The van der Waals surface area contributed by atoms with E-state index >= 15 is 0 Å². The van der Waals surface area contributed by atoms with Crippen LogP contribution >= 0.6 is 0 Å². The summed E-state index contributed by atoms with van der Waals surface area (Å²) < 4.78 is 48.8. The summed E-state index contributed by atoms with van der Waals surface area (Å²) in [6, 6.07) is 61.4. The molecule has 0 atom stereocenters. The van der Waals surface area contributed by atoms with Crippen molar-refractivity contribution in [2.75, 3.05) is 0 Å². The van der Waals surface area contributed by atoms with E-state index in [9.17, 15) is 13.2 Å². The molecule has 11 aromatic carbocycles. The van der Waals surface area contributed by atoms with Crippen molar-refractivity contribution in [3.63, 3.8) is 0 Å². The van der Waals surface area contributed by atoms with Crippen molar-refractivity contribution in [3.8, 4) is 78.1 Å². The molecular weight excluding hydrogens is 1070 g/mol. The molecule has 0 aliphatic carbocycles. The van der Waals surface area contributed by atoms with Gasteiger partial charge in [-0.15, -0.1) is 0 Å². The number of nitrogens with zero attached hydrogens (tertiary/aromatic N) is 3. The number of alkyl halides is 3. The molecule has 6 heteroatoms. The number of rotatable bonds is 8. The molecule has 3 nitrogen and oxygen atoms in total. The number of benzene rings is 11. The van der Waals surface area contributed by atoms with Gasteiger partial charge in [0.15, 0.2) is 5.69 Å². The van der Waals surface area contributed by atoms with E-state index in [2.05, 4.69) is 224 Å². The van der Waals surface area contributed by atoms with E-state index < -0.39 is 11.7 Å². The lowest BCUT2D eigenvalue weighted by Gasteiger charge is -2.19. The minimum Gasteiger partial charge on any atom is -0.309 e. The molecule has 0 N–H and O–H groups in total. The monoisotopic (exact) mass is 1140 g/mol. The maximum Gasteiger partial charge on any atom is 0.416 e. The van der Waals surface area contributed by atoms with Crippen LogP contribution in [0.5, 0.6) is 0 Å². The smallest absolute Gasteiger partial charge is 0.309 e. The summed E-state index contributed by atoms with van der Waals surface area (Å²) in [6.07, 6.45) is -4.55. The number of aromatic nitrogens is 2. The van der Waals surface area contributed by atoms with Gasteiger partial charge in [0, 0.05) is 27.2 Å². The first-order chi connectivity index (χ1) is 41.5. The summed E-state index contributed by atoms with van der Waals surface area (Å²) in [5, 5.41) is 4.32. The van der Waals surface area contributed by atoms with Crippen molar-refractivity contribution < 1.29 is 13.2 Å². The molecule has 13 aromatic rings.